The zero-order valence-corrected chi connectivity index (χ0v) is 22.8. The second-order valence-electron chi connectivity index (χ2n) is 10.4. The molecular weight excluding hydrogens is 562 g/mol. The normalized spacial score (nSPS) is 15.3. The summed E-state index contributed by atoms with van der Waals surface area (Å²) in [5.41, 5.74) is 3.76. The highest BCUT2D eigenvalue weighted by Gasteiger charge is 2.33. The van der Waals surface area contributed by atoms with E-state index in [0.717, 1.165) is 9.13 Å². The van der Waals surface area contributed by atoms with Crippen molar-refractivity contribution in [3.63, 3.8) is 0 Å². The molecule has 1 saturated heterocycles. The molecule has 2 aromatic heterocycles. The SMILES string of the molecule is N[C@H](Cn1c(=O)[nH]c2ccccc2c1=O)C(=O)N[C@H](Cn1c(=O)[nH]c2ccccc2c1=O)C(=O)N1CCC(C(=O)O)CC1. The Kier molecular flexibility index (Phi) is 8.07. The molecule has 2 amide bonds. The van der Waals surface area contributed by atoms with Gasteiger partial charge >= 0.3 is 17.3 Å². The summed E-state index contributed by atoms with van der Waals surface area (Å²) in [6.45, 7) is -0.907. The van der Waals surface area contributed by atoms with E-state index in [9.17, 15) is 38.7 Å². The summed E-state index contributed by atoms with van der Waals surface area (Å²) in [7, 11) is 0. The van der Waals surface area contributed by atoms with E-state index in [1.165, 1.54) is 17.0 Å². The minimum atomic E-state index is -1.47. The van der Waals surface area contributed by atoms with Crippen LogP contribution in [0, 0.1) is 5.92 Å². The highest BCUT2D eigenvalue weighted by atomic mass is 16.4. The quantitative estimate of drug-likeness (QED) is 0.161. The Hall–Kier alpha value is -5.31. The van der Waals surface area contributed by atoms with Crippen LogP contribution in [0.5, 0.6) is 0 Å². The number of nitrogens with two attached hydrogens (primary N) is 1. The number of aromatic amines is 2. The molecule has 0 bridgehead atoms. The van der Waals surface area contributed by atoms with Gasteiger partial charge in [-0.1, -0.05) is 24.3 Å². The lowest BCUT2D eigenvalue weighted by molar-refractivity contribution is -0.146. The van der Waals surface area contributed by atoms with Gasteiger partial charge in [0.05, 0.1) is 40.8 Å². The number of hydrogen-bond donors (Lipinski definition) is 5. The summed E-state index contributed by atoms with van der Waals surface area (Å²) >= 11 is 0. The first kappa shape index (κ1) is 29.2. The Morgan fingerprint density at radius 3 is 1.84 bits per heavy atom. The van der Waals surface area contributed by atoms with Crippen LogP contribution in [0.25, 0.3) is 21.8 Å². The summed E-state index contributed by atoms with van der Waals surface area (Å²) in [5.74, 6) is -3.17. The number of rotatable bonds is 8. The highest BCUT2D eigenvalue weighted by Crippen LogP contribution is 2.18. The van der Waals surface area contributed by atoms with Crippen molar-refractivity contribution < 1.29 is 19.5 Å². The second kappa shape index (κ2) is 11.9. The maximum atomic E-state index is 13.6. The van der Waals surface area contributed by atoms with Crippen molar-refractivity contribution in [2.45, 2.75) is 38.0 Å². The predicted molar refractivity (Wildman–Crippen MR) is 155 cm³/mol. The molecule has 4 aromatic rings. The minimum Gasteiger partial charge on any atom is -0.481 e. The van der Waals surface area contributed by atoms with Crippen LogP contribution in [-0.4, -0.2) is 72.1 Å². The van der Waals surface area contributed by atoms with Crippen LogP contribution in [0.15, 0.2) is 67.7 Å². The number of carboxylic acid groups (broad SMARTS) is 1. The third-order valence-electron chi connectivity index (χ3n) is 7.63. The summed E-state index contributed by atoms with van der Waals surface area (Å²) < 4.78 is 1.57. The summed E-state index contributed by atoms with van der Waals surface area (Å²) in [4.78, 5) is 96.3. The number of H-pyrrole nitrogens is 2. The van der Waals surface area contributed by atoms with Crippen LogP contribution in [0.1, 0.15) is 12.8 Å². The number of piperidine rings is 1. The maximum absolute atomic E-state index is 13.6. The Labute approximate surface area is 241 Å². The zero-order chi connectivity index (χ0) is 30.8. The number of nitrogens with one attached hydrogen (secondary N) is 3. The molecule has 6 N–H and O–H groups in total. The molecule has 3 heterocycles. The van der Waals surface area contributed by atoms with Crippen molar-refractivity contribution in [1.82, 2.24) is 29.3 Å². The molecule has 224 valence electrons. The number of likely N-dealkylation sites (tertiary alicyclic amines) is 1. The van der Waals surface area contributed by atoms with Crippen molar-refractivity contribution in [3.05, 3.63) is 90.2 Å². The summed E-state index contributed by atoms with van der Waals surface area (Å²) in [6, 6.07) is 9.71. The van der Waals surface area contributed by atoms with Crippen LogP contribution in [0.3, 0.4) is 0 Å². The number of nitrogens with zero attached hydrogens (tertiary/aromatic N) is 3. The van der Waals surface area contributed by atoms with Crippen LogP contribution < -0.4 is 33.5 Å². The average molecular weight is 592 g/mol. The fourth-order valence-corrected chi connectivity index (χ4v) is 5.22. The van der Waals surface area contributed by atoms with Crippen LogP contribution in [0.4, 0.5) is 0 Å². The van der Waals surface area contributed by atoms with Crippen molar-refractivity contribution in [2.24, 2.45) is 11.7 Å². The van der Waals surface area contributed by atoms with Crippen molar-refractivity contribution in [3.8, 4) is 0 Å². The molecule has 1 aliphatic heterocycles. The van der Waals surface area contributed by atoms with Gasteiger partial charge < -0.3 is 31.0 Å². The summed E-state index contributed by atoms with van der Waals surface area (Å²) in [5, 5.41) is 12.2. The van der Waals surface area contributed by atoms with Gasteiger partial charge in [-0.15, -0.1) is 0 Å². The van der Waals surface area contributed by atoms with Gasteiger partial charge in [0.2, 0.25) is 11.8 Å². The maximum Gasteiger partial charge on any atom is 0.328 e. The summed E-state index contributed by atoms with van der Waals surface area (Å²) in [6.07, 6.45) is 0.372. The van der Waals surface area contributed by atoms with Crippen molar-refractivity contribution in [1.29, 1.82) is 0 Å². The fourth-order valence-electron chi connectivity index (χ4n) is 5.22. The second-order valence-corrected chi connectivity index (χ2v) is 10.4. The first-order chi connectivity index (χ1) is 20.5. The van der Waals surface area contributed by atoms with E-state index < -0.39 is 71.4 Å². The third-order valence-corrected chi connectivity index (χ3v) is 7.63. The first-order valence-corrected chi connectivity index (χ1v) is 13.6. The highest BCUT2D eigenvalue weighted by molar-refractivity contribution is 5.90. The van der Waals surface area contributed by atoms with Crippen LogP contribution >= 0.6 is 0 Å². The molecule has 0 aliphatic carbocycles. The van der Waals surface area contributed by atoms with E-state index in [-0.39, 0.29) is 36.7 Å². The van der Waals surface area contributed by atoms with E-state index in [1.54, 1.807) is 36.4 Å². The molecule has 15 heteroatoms. The van der Waals surface area contributed by atoms with Gasteiger partial charge in [0.1, 0.15) is 12.1 Å². The first-order valence-electron chi connectivity index (χ1n) is 13.6. The van der Waals surface area contributed by atoms with E-state index in [0.29, 0.717) is 11.0 Å². The Morgan fingerprint density at radius 2 is 1.33 bits per heavy atom. The molecule has 1 aliphatic rings. The zero-order valence-electron chi connectivity index (χ0n) is 22.8. The third kappa shape index (κ3) is 5.88. The van der Waals surface area contributed by atoms with Crippen LogP contribution in [-0.2, 0) is 27.5 Å². The predicted octanol–water partition coefficient (Wildman–Crippen LogP) is -1.47. The smallest absolute Gasteiger partial charge is 0.328 e. The fraction of sp³-hybridized carbons (Fsp3) is 0.321. The monoisotopic (exact) mass is 591 g/mol. The molecule has 2 atom stereocenters. The van der Waals surface area contributed by atoms with E-state index >= 15 is 0 Å². The average Bonchev–Trinajstić information content (AvgIpc) is 3.00. The number of aromatic nitrogens is 4. The van der Waals surface area contributed by atoms with Crippen molar-refractivity contribution in [2.75, 3.05) is 13.1 Å². The molecule has 5 rings (SSSR count). The van der Waals surface area contributed by atoms with E-state index in [1.807, 2.05) is 0 Å². The number of para-hydroxylation sites is 2. The van der Waals surface area contributed by atoms with Gasteiger partial charge in [-0.25, -0.2) is 9.59 Å². The molecule has 0 radical (unpaired) electrons. The van der Waals surface area contributed by atoms with Gasteiger partial charge in [-0.2, -0.15) is 0 Å². The van der Waals surface area contributed by atoms with Gasteiger partial charge in [-0.05, 0) is 37.1 Å². The minimum absolute atomic E-state index is 0.0824. The Morgan fingerprint density at radius 1 is 0.837 bits per heavy atom. The molecule has 0 saturated carbocycles. The lowest BCUT2D eigenvalue weighted by Gasteiger charge is -2.33. The van der Waals surface area contributed by atoms with E-state index in [4.69, 9.17) is 5.73 Å². The van der Waals surface area contributed by atoms with Gasteiger partial charge in [0.15, 0.2) is 0 Å². The molecule has 15 nitrogen and oxygen atoms in total. The number of amides is 2. The molecule has 2 aromatic carbocycles. The Balaban J connectivity index is 1.43. The lowest BCUT2D eigenvalue weighted by atomic mass is 9.96. The Bertz CT molecular complexity index is 1970. The number of carbonyl (C=O) groups is 3. The number of fused-ring (bicyclic) bond motifs is 2. The number of aliphatic carboxylic acids is 1. The van der Waals surface area contributed by atoms with Gasteiger partial charge in [-0.3, -0.25) is 33.1 Å². The van der Waals surface area contributed by atoms with Crippen molar-refractivity contribution >= 4 is 39.6 Å². The number of carboxylic acids is 1. The van der Waals surface area contributed by atoms with Gasteiger partial charge in [0, 0.05) is 13.1 Å². The van der Waals surface area contributed by atoms with Gasteiger partial charge in [0.25, 0.3) is 11.1 Å². The topological polar surface area (TPSA) is 222 Å². The lowest BCUT2D eigenvalue weighted by Crippen LogP contribution is -2.58. The molecule has 0 spiro atoms. The molecule has 0 unspecified atom stereocenters. The van der Waals surface area contributed by atoms with E-state index in [2.05, 4.69) is 15.3 Å². The largest absolute Gasteiger partial charge is 0.481 e. The standard InChI is InChI=1S/C28H29N7O8/c29-18(13-34-23(37)16-5-1-3-7-19(16)31-27(34)42)22(36)30-21(25(39)33-11-9-15(10-12-33)26(40)41)14-35-24(38)17-6-2-4-8-20(17)32-28(35)43/h1-8,15,18,21H,9-14,29H2,(H,30,36)(H,31,42)(H,32,43)(H,40,41)/t18-,21-/m1/s1. The van der Waals surface area contributed by atoms with Crippen LogP contribution in [0.2, 0.25) is 0 Å². The number of carbonyl (C=O) groups excluding carboxylic acids is 2. The molecule has 1 fully saturated rings. The number of benzene rings is 2. The number of hydrogen-bond acceptors (Lipinski definition) is 8. The molecule has 43 heavy (non-hydrogen) atoms. The molecular formula is C28H29N7O8.